The number of esters is 1. The minimum Gasteiger partial charge on any atom is -0.449 e. The van der Waals surface area contributed by atoms with Crippen LogP contribution in [0.25, 0.3) is 0 Å². The molecule has 0 spiro atoms. The molecule has 2 aliphatic rings. The smallest absolute Gasteiger partial charge is 0.341 e. The van der Waals surface area contributed by atoms with Crippen LogP contribution in [0.5, 0.6) is 0 Å². The van der Waals surface area contributed by atoms with Crippen LogP contribution in [0.15, 0.2) is 23.1 Å². The summed E-state index contributed by atoms with van der Waals surface area (Å²) >= 11 is 0. The molecule has 1 N–H and O–H groups in total. The highest BCUT2D eigenvalue weighted by atomic mass is 32.2. The highest BCUT2D eigenvalue weighted by Gasteiger charge is 2.30. The van der Waals surface area contributed by atoms with Gasteiger partial charge in [0.05, 0.1) is 23.7 Å². The normalized spacial score (nSPS) is 23.7. The van der Waals surface area contributed by atoms with E-state index in [0.717, 1.165) is 43.9 Å². The zero-order chi connectivity index (χ0) is 22.6. The van der Waals surface area contributed by atoms with Crippen molar-refractivity contribution in [1.82, 2.24) is 9.62 Å². The Kier molecular flexibility index (Phi) is 7.66. The number of hydrogen-bond donors (Lipinski definition) is 1. The van der Waals surface area contributed by atoms with Crippen LogP contribution < -0.4 is 5.32 Å². The Labute approximate surface area is 182 Å². The summed E-state index contributed by atoms with van der Waals surface area (Å²) < 4.78 is 51.4. The zero-order valence-corrected chi connectivity index (χ0v) is 18.6. The monoisotopic (exact) mass is 456 g/mol. The zero-order valence-electron chi connectivity index (χ0n) is 17.8. The summed E-state index contributed by atoms with van der Waals surface area (Å²) in [7, 11) is -3.91. The summed E-state index contributed by atoms with van der Waals surface area (Å²) in [5.41, 5.74) is -0.528. The summed E-state index contributed by atoms with van der Waals surface area (Å²) in [6.45, 7) is 4.36. The second-order valence-electron chi connectivity index (χ2n) is 8.08. The second-order valence-corrected chi connectivity index (χ2v) is 10.0. The SMILES string of the molecule is C[C@H](OC(=O)c1cc(S(=O)(=O)N2CCOCC2)ccc1F)C(=O)N[C@@H]1CCCC[C@@H]1C. The molecule has 0 radical (unpaired) electrons. The molecule has 0 bridgehead atoms. The molecule has 1 heterocycles. The first-order chi connectivity index (χ1) is 14.7. The fraction of sp³-hybridized carbons (Fsp3) is 0.619. The van der Waals surface area contributed by atoms with Crippen LogP contribution in [0.4, 0.5) is 4.39 Å². The van der Waals surface area contributed by atoms with Crippen molar-refractivity contribution >= 4 is 21.9 Å². The number of carbonyl (C=O) groups excluding carboxylic acids is 2. The predicted octanol–water partition coefficient (Wildman–Crippen LogP) is 2.09. The highest BCUT2D eigenvalue weighted by molar-refractivity contribution is 7.89. The van der Waals surface area contributed by atoms with Crippen molar-refractivity contribution in [3.8, 4) is 0 Å². The van der Waals surface area contributed by atoms with Gasteiger partial charge in [0.1, 0.15) is 5.82 Å². The quantitative estimate of drug-likeness (QED) is 0.658. The molecule has 1 aliphatic carbocycles. The molecule has 10 heteroatoms. The number of morpholine rings is 1. The van der Waals surface area contributed by atoms with Crippen LogP contribution in [-0.4, -0.2) is 63.0 Å². The Balaban J connectivity index is 1.69. The van der Waals surface area contributed by atoms with E-state index < -0.39 is 39.4 Å². The first-order valence-electron chi connectivity index (χ1n) is 10.6. The van der Waals surface area contributed by atoms with Crippen LogP contribution in [0.1, 0.15) is 49.9 Å². The van der Waals surface area contributed by atoms with Gasteiger partial charge in [0.25, 0.3) is 5.91 Å². The maximum absolute atomic E-state index is 14.3. The maximum Gasteiger partial charge on any atom is 0.341 e. The average Bonchev–Trinajstić information content (AvgIpc) is 2.76. The third kappa shape index (κ3) is 5.61. The lowest BCUT2D eigenvalue weighted by molar-refractivity contribution is -0.130. The van der Waals surface area contributed by atoms with Crippen LogP contribution in [-0.2, 0) is 24.3 Å². The van der Waals surface area contributed by atoms with Gasteiger partial charge in [-0.2, -0.15) is 4.31 Å². The van der Waals surface area contributed by atoms with Crippen molar-refractivity contribution in [1.29, 1.82) is 0 Å². The molecule has 8 nitrogen and oxygen atoms in total. The summed E-state index contributed by atoms with van der Waals surface area (Å²) in [5.74, 6) is -2.12. The number of halogens is 1. The van der Waals surface area contributed by atoms with E-state index in [2.05, 4.69) is 12.2 Å². The number of rotatable bonds is 6. The van der Waals surface area contributed by atoms with E-state index >= 15 is 0 Å². The Morgan fingerprint density at radius 3 is 2.58 bits per heavy atom. The predicted molar refractivity (Wildman–Crippen MR) is 110 cm³/mol. The Morgan fingerprint density at radius 2 is 1.90 bits per heavy atom. The van der Waals surface area contributed by atoms with Crippen molar-refractivity contribution in [3.05, 3.63) is 29.6 Å². The molecule has 172 valence electrons. The van der Waals surface area contributed by atoms with Gasteiger partial charge in [0.2, 0.25) is 10.0 Å². The van der Waals surface area contributed by atoms with Crippen molar-refractivity contribution in [2.24, 2.45) is 5.92 Å². The molecule has 3 rings (SSSR count). The lowest BCUT2D eigenvalue weighted by Gasteiger charge is -2.30. The summed E-state index contributed by atoms with van der Waals surface area (Å²) in [6.07, 6.45) is 2.90. The molecule has 3 atom stereocenters. The largest absolute Gasteiger partial charge is 0.449 e. The van der Waals surface area contributed by atoms with Crippen molar-refractivity contribution in [2.75, 3.05) is 26.3 Å². The summed E-state index contributed by atoms with van der Waals surface area (Å²) in [6, 6.07) is 2.99. The fourth-order valence-electron chi connectivity index (χ4n) is 3.87. The highest BCUT2D eigenvalue weighted by Crippen LogP contribution is 2.24. The third-order valence-electron chi connectivity index (χ3n) is 5.86. The van der Waals surface area contributed by atoms with Crippen molar-refractivity contribution < 1.29 is 31.9 Å². The van der Waals surface area contributed by atoms with E-state index in [1.54, 1.807) is 0 Å². The Morgan fingerprint density at radius 1 is 1.23 bits per heavy atom. The van der Waals surface area contributed by atoms with E-state index in [1.165, 1.54) is 11.2 Å². The van der Waals surface area contributed by atoms with Gasteiger partial charge < -0.3 is 14.8 Å². The maximum atomic E-state index is 14.3. The van der Waals surface area contributed by atoms with Crippen molar-refractivity contribution in [2.45, 2.75) is 56.6 Å². The van der Waals surface area contributed by atoms with E-state index in [9.17, 15) is 22.4 Å². The summed E-state index contributed by atoms with van der Waals surface area (Å²) in [5, 5.41) is 2.89. The third-order valence-corrected chi connectivity index (χ3v) is 7.75. The van der Waals surface area contributed by atoms with E-state index in [1.807, 2.05) is 0 Å². The van der Waals surface area contributed by atoms with Gasteiger partial charge in [-0.1, -0.05) is 19.8 Å². The molecule has 1 amide bonds. The molecule has 0 unspecified atom stereocenters. The Hall–Kier alpha value is -2.04. The van der Waals surface area contributed by atoms with Crippen LogP contribution in [0.2, 0.25) is 0 Å². The van der Waals surface area contributed by atoms with Crippen LogP contribution >= 0.6 is 0 Å². The van der Waals surface area contributed by atoms with E-state index in [4.69, 9.17) is 9.47 Å². The first-order valence-corrected chi connectivity index (χ1v) is 12.0. The topological polar surface area (TPSA) is 102 Å². The van der Waals surface area contributed by atoms with Gasteiger partial charge in [-0.15, -0.1) is 0 Å². The van der Waals surface area contributed by atoms with Gasteiger partial charge in [0.15, 0.2) is 6.10 Å². The molecular formula is C21H29FN2O6S. The molecule has 1 saturated carbocycles. The molecule has 31 heavy (non-hydrogen) atoms. The fourth-order valence-corrected chi connectivity index (χ4v) is 5.30. The second kappa shape index (κ2) is 10.1. The lowest BCUT2D eigenvalue weighted by Crippen LogP contribution is -2.46. The molecular weight excluding hydrogens is 427 g/mol. The molecule has 1 aromatic carbocycles. The van der Waals surface area contributed by atoms with Gasteiger partial charge in [0, 0.05) is 19.1 Å². The minimum atomic E-state index is -3.91. The molecule has 1 aliphatic heterocycles. The Bertz CT molecular complexity index is 916. The number of carbonyl (C=O) groups is 2. The van der Waals surface area contributed by atoms with E-state index in [0.29, 0.717) is 5.92 Å². The molecule has 0 aromatic heterocycles. The first kappa shape index (κ1) is 23.6. The average molecular weight is 457 g/mol. The van der Waals surface area contributed by atoms with E-state index in [-0.39, 0.29) is 37.2 Å². The number of nitrogens with one attached hydrogen (secondary N) is 1. The van der Waals surface area contributed by atoms with Gasteiger partial charge in [-0.3, -0.25) is 4.79 Å². The molecule has 1 aromatic rings. The molecule has 2 fully saturated rings. The van der Waals surface area contributed by atoms with Crippen LogP contribution in [0, 0.1) is 11.7 Å². The lowest BCUT2D eigenvalue weighted by atomic mass is 9.86. The standard InChI is InChI=1S/C21H29FN2O6S/c1-14-5-3-4-6-19(14)23-20(25)15(2)30-21(26)17-13-16(7-8-18(17)22)31(27,28)24-9-11-29-12-10-24/h7-8,13-15,19H,3-6,9-12H2,1-2H3,(H,23,25)/t14-,15-,19+/m0/s1. The van der Waals surface area contributed by atoms with Crippen molar-refractivity contribution in [3.63, 3.8) is 0 Å². The summed E-state index contributed by atoms with van der Waals surface area (Å²) in [4.78, 5) is 24.8. The van der Waals surface area contributed by atoms with Gasteiger partial charge in [-0.25, -0.2) is 17.6 Å². The molecule has 1 saturated heterocycles. The number of hydrogen-bond acceptors (Lipinski definition) is 6. The van der Waals surface area contributed by atoms with Gasteiger partial charge in [-0.05, 0) is 43.9 Å². The van der Waals surface area contributed by atoms with Gasteiger partial charge >= 0.3 is 5.97 Å². The minimum absolute atomic E-state index is 0.0149. The number of benzene rings is 1. The number of amides is 1. The number of sulfonamides is 1. The van der Waals surface area contributed by atoms with Crippen LogP contribution in [0.3, 0.4) is 0 Å². The number of ether oxygens (including phenoxy) is 2. The number of nitrogens with zero attached hydrogens (tertiary/aromatic N) is 1.